The summed E-state index contributed by atoms with van der Waals surface area (Å²) < 4.78 is 0. The molecule has 0 radical (unpaired) electrons. The number of rotatable bonds is 3. The van der Waals surface area contributed by atoms with Crippen molar-refractivity contribution in [1.29, 1.82) is 0 Å². The van der Waals surface area contributed by atoms with E-state index >= 15 is 0 Å². The van der Waals surface area contributed by atoms with Crippen molar-refractivity contribution >= 4 is 5.91 Å². The van der Waals surface area contributed by atoms with Gasteiger partial charge in [0.25, 0.3) is 0 Å². The third-order valence-electron chi connectivity index (χ3n) is 3.49. The van der Waals surface area contributed by atoms with Gasteiger partial charge in [0.15, 0.2) is 0 Å². The van der Waals surface area contributed by atoms with Gasteiger partial charge in [-0.25, -0.2) is 0 Å². The van der Waals surface area contributed by atoms with Crippen LogP contribution in [0.25, 0.3) is 0 Å². The van der Waals surface area contributed by atoms with E-state index in [2.05, 4.69) is 6.92 Å². The first-order valence-electron chi connectivity index (χ1n) is 6.23. The number of hydrogen-bond donors (Lipinski definition) is 1. The largest absolute Gasteiger partial charge is 0.341 e. The highest BCUT2D eigenvalue weighted by Gasteiger charge is 2.22. The van der Waals surface area contributed by atoms with Gasteiger partial charge in [-0.2, -0.15) is 0 Å². The van der Waals surface area contributed by atoms with Crippen molar-refractivity contribution in [1.82, 2.24) is 4.90 Å². The zero-order chi connectivity index (χ0) is 11.3. The lowest BCUT2D eigenvalue weighted by molar-refractivity contribution is -0.132. The molecule has 1 heterocycles. The Balaban J connectivity index is 2.46. The molecular formula is C12H24N2O. The first-order valence-corrected chi connectivity index (χ1v) is 6.23. The highest BCUT2D eigenvalue weighted by Crippen LogP contribution is 2.20. The Morgan fingerprint density at radius 3 is 2.73 bits per heavy atom. The van der Waals surface area contributed by atoms with Gasteiger partial charge < -0.3 is 10.6 Å². The summed E-state index contributed by atoms with van der Waals surface area (Å²) in [5.41, 5.74) is 5.77. The molecule has 2 N–H and O–H groups in total. The molecule has 1 fully saturated rings. The van der Waals surface area contributed by atoms with Crippen LogP contribution >= 0.6 is 0 Å². The first kappa shape index (κ1) is 12.5. The van der Waals surface area contributed by atoms with Gasteiger partial charge in [-0.3, -0.25) is 4.79 Å². The zero-order valence-corrected chi connectivity index (χ0v) is 10.0. The summed E-state index contributed by atoms with van der Waals surface area (Å²) >= 11 is 0. The zero-order valence-electron chi connectivity index (χ0n) is 10.0. The van der Waals surface area contributed by atoms with Gasteiger partial charge in [-0.05, 0) is 31.6 Å². The summed E-state index contributed by atoms with van der Waals surface area (Å²) in [5.74, 6) is 0.954. The number of nitrogens with two attached hydrogens (primary N) is 1. The van der Waals surface area contributed by atoms with Crippen LogP contribution in [0, 0.1) is 5.92 Å². The molecule has 2 atom stereocenters. The molecule has 1 aliphatic heterocycles. The molecule has 0 spiro atoms. The average Bonchev–Trinajstić information content (AvgIpc) is 2.51. The molecule has 0 saturated carbocycles. The van der Waals surface area contributed by atoms with Crippen molar-refractivity contribution in [2.75, 3.05) is 13.1 Å². The summed E-state index contributed by atoms with van der Waals surface area (Å²) in [5, 5.41) is 0. The normalized spacial score (nSPS) is 24.7. The molecule has 0 aliphatic carbocycles. The smallest absolute Gasteiger partial charge is 0.239 e. The second-order valence-electron chi connectivity index (χ2n) is 4.55. The molecule has 88 valence electrons. The topological polar surface area (TPSA) is 46.3 Å². The molecule has 0 aromatic carbocycles. The molecular weight excluding hydrogens is 188 g/mol. The SMILES string of the molecule is CCC1CCCN(C(=O)[C@@H](N)CC)CC1. The summed E-state index contributed by atoms with van der Waals surface area (Å²) in [6, 6.07) is -0.289. The number of carbonyl (C=O) groups is 1. The Kier molecular flexibility index (Phi) is 5.09. The van der Waals surface area contributed by atoms with Gasteiger partial charge in [0.1, 0.15) is 0 Å². The van der Waals surface area contributed by atoms with Crippen molar-refractivity contribution in [2.24, 2.45) is 11.7 Å². The van der Waals surface area contributed by atoms with Crippen LogP contribution < -0.4 is 5.73 Å². The van der Waals surface area contributed by atoms with Crippen molar-refractivity contribution in [2.45, 2.75) is 52.0 Å². The third-order valence-corrected chi connectivity index (χ3v) is 3.49. The maximum absolute atomic E-state index is 11.9. The summed E-state index contributed by atoms with van der Waals surface area (Å²) in [6.45, 7) is 6.02. The fraction of sp³-hybridized carbons (Fsp3) is 0.917. The fourth-order valence-corrected chi connectivity index (χ4v) is 2.20. The Morgan fingerprint density at radius 1 is 1.40 bits per heavy atom. The summed E-state index contributed by atoms with van der Waals surface area (Å²) in [6.07, 6.45) is 5.54. The molecule has 1 aliphatic rings. The van der Waals surface area contributed by atoms with E-state index < -0.39 is 0 Å². The predicted molar refractivity (Wildman–Crippen MR) is 62.5 cm³/mol. The lowest BCUT2D eigenvalue weighted by Crippen LogP contribution is -2.43. The predicted octanol–water partition coefficient (Wildman–Crippen LogP) is 1.76. The Bertz CT molecular complexity index is 206. The molecule has 0 aromatic heterocycles. The molecule has 1 saturated heterocycles. The number of nitrogens with zero attached hydrogens (tertiary/aromatic N) is 1. The van der Waals surface area contributed by atoms with Crippen LogP contribution in [-0.2, 0) is 4.79 Å². The van der Waals surface area contributed by atoms with E-state index in [9.17, 15) is 4.79 Å². The molecule has 0 aromatic rings. The number of hydrogen-bond acceptors (Lipinski definition) is 2. The lowest BCUT2D eigenvalue weighted by atomic mass is 9.98. The van der Waals surface area contributed by atoms with Crippen LogP contribution in [0.3, 0.4) is 0 Å². The van der Waals surface area contributed by atoms with Crippen LogP contribution in [-0.4, -0.2) is 29.9 Å². The van der Waals surface area contributed by atoms with Crippen molar-refractivity contribution in [3.63, 3.8) is 0 Å². The van der Waals surface area contributed by atoms with Crippen LogP contribution in [0.5, 0.6) is 0 Å². The maximum atomic E-state index is 11.9. The fourth-order valence-electron chi connectivity index (χ4n) is 2.20. The lowest BCUT2D eigenvalue weighted by Gasteiger charge is -2.23. The van der Waals surface area contributed by atoms with Gasteiger partial charge in [-0.15, -0.1) is 0 Å². The Labute approximate surface area is 93.0 Å². The highest BCUT2D eigenvalue weighted by molar-refractivity contribution is 5.81. The Morgan fingerprint density at radius 2 is 2.13 bits per heavy atom. The number of carbonyl (C=O) groups excluding carboxylic acids is 1. The maximum Gasteiger partial charge on any atom is 0.239 e. The van der Waals surface area contributed by atoms with Crippen molar-refractivity contribution < 1.29 is 4.79 Å². The second-order valence-corrected chi connectivity index (χ2v) is 4.55. The molecule has 3 heteroatoms. The van der Waals surface area contributed by atoms with E-state index in [1.165, 1.54) is 12.8 Å². The third kappa shape index (κ3) is 3.49. The van der Waals surface area contributed by atoms with Gasteiger partial charge >= 0.3 is 0 Å². The molecule has 1 unspecified atom stereocenters. The van der Waals surface area contributed by atoms with E-state index in [1.807, 2.05) is 11.8 Å². The van der Waals surface area contributed by atoms with Gasteiger partial charge in [-0.1, -0.05) is 20.3 Å². The van der Waals surface area contributed by atoms with Crippen LogP contribution in [0.1, 0.15) is 46.0 Å². The van der Waals surface area contributed by atoms with E-state index in [-0.39, 0.29) is 11.9 Å². The van der Waals surface area contributed by atoms with Gasteiger partial charge in [0.05, 0.1) is 6.04 Å². The van der Waals surface area contributed by atoms with E-state index in [1.54, 1.807) is 0 Å². The molecule has 0 bridgehead atoms. The molecule has 3 nitrogen and oxygen atoms in total. The van der Waals surface area contributed by atoms with Crippen LogP contribution in [0.4, 0.5) is 0 Å². The Hall–Kier alpha value is -0.570. The molecule has 15 heavy (non-hydrogen) atoms. The minimum atomic E-state index is -0.289. The number of likely N-dealkylation sites (tertiary alicyclic amines) is 1. The standard InChI is InChI=1S/C12H24N2O/c1-3-10-6-5-8-14(9-7-10)12(15)11(13)4-2/h10-11H,3-9,13H2,1-2H3/t10?,11-/m0/s1. The van der Waals surface area contributed by atoms with Crippen molar-refractivity contribution in [3.8, 4) is 0 Å². The second kappa shape index (κ2) is 6.11. The summed E-state index contributed by atoms with van der Waals surface area (Å²) in [4.78, 5) is 13.8. The van der Waals surface area contributed by atoms with Crippen LogP contribution in [0.2, 0.25) is 0 Å². The average molecular weight is 212 g/mol. The molecule has 1 amide bonds. The van der Waals surface area contributed by atoms with Crippen LogP contribution in [0.15, 0.2) is 0 Å². The van der Waals surface area contributed by atoms with E-state index in [4.69, 9.17) is 5.73 Å². The first-order chi connectivity index (χ1) is 7.19. The quantitative estimate of drug-likeness (QED) is 0.775. The van der Waals surface area contributed by atoms with E-state index in [0.29, 0.717) is 0 Å². The minimum Gasteiger partial charge on any atom is -0.341 e. The van der Waals surface area contributed by atoms with Gasteiger partial charge in [0.2, 0.25) is 5.91 Å². The van der Waals surface area contributed by atoms with Crippen molar-refractivity contribution in [3.05, 3.63) is 0 Å². The van der Waals surface area contributed by atoms with E-state index in [0.717, 1.165) is 38.3 Å². The summed E-state index contributed by atoms with van der Waals surface area (Å²) in [7, 11) is 0. The van der Waals surface area contributed by atoms with Gasteiger partial charge in [0, 0.05) is 13.1 Å². The minimum absolute atomic E-state index is 0.147. The molecule has 1 rings (SSSR count). The monoisotopic (exact) mass is 212 g/mol. The highest BCUT2D eigenvalue weighted by atomic mass is 16.2. The number of amides is 1.